The van der Waals surface area contributed by atoms with E-state index in [9.17, 15) is 14.0 Å². The maximum atomic E-state index is 13.0. The minimum absolute atomic E-state index is 0.227. The molecule has 2 aromatic rings. The molecular formula is C16H15FN2O3. The van der Waals surface area contributed by atoms with Gasteiger partial charge in [0.1, 0.15) is 5.82 Å². The van der Waals surface area contributed by atoms with Gasteiger partial charge in [-0.25, -0.2) is 13.9 Å². The Kier molecular flexibility index (Phi) is 4.83. The van der Waals surface area contributed by atoms with E-state index in [4.69, 9.17) is 5.11 Å². The van der Waals surface area contributed by atoms with Crippen molar-refractivity contribution in [3.8, 4) is 11.3 Å². The summed E-state index contributed by atoms with van der Waals surface area (Å²) >= 11 is 0. The van der Waals surface area contributed by atoms with E-state index in [1.807, 2.05) is 6.92 Å². The van der Waals surface area contributed by atoms with Crippen LogP contribution in [0.5, 0.6) is 0 Å². The van der Waals surface area contributed by atoms with Gasteiger partial charge < -0.3 is 5.11 Å². The third-order valence-corrected chi connectivity index (χ3v) is 2.98. The van der Waals surface area contributed by atoms with Crippen molar-refractivity contribution in [3.05, 3.63) is 58.1 Å². The molecule has 6 heteroatoms. The second kappa shape index (κ2) is 6.80. The van der Waals surface area contributed by atoms with Crippen LogP contribution in [0, 0.1) is 5.82 Å². The molecule has 5 nitrogen and oxygen atoms in total. The molecule has 2 rings (SSSR count). The number of rotatable bonds is 5. The molecule has 0 bridgehead atoms. The number of benzene rings is 1. The lowest BCUT2D eigenvalue weighted by molar-refractivity contribution is -0.131. The topological polar surface area (TPSA) is 72.2 Å². The van der Waals surface area contributed by atoms with Crippen LogP contribution < -0.4 is 5.56 Å². The number of nitrogens with zero attached hydrogens (tertiary/aromatic N) is 2. The average molecular weight is 302 g/mol. The maximum Gasteiger partial charge on any atom is 0.328 e. The maximum absolute atomic E-state index is 13.0. The van der Waals surface area contributed by atoms with Crippen molar-refractivity contribution in [1.82, 2.24) is 9.78 Å². The van der Waals surface area contributed by atoms with Crippen LogP contribution in [0.15, 0.2) is 41.2 Å². The van der Waals surface area contributed by atoms with Crippen LogP contribution in [0.25, 0.3) is 17.3 Å². The summed E-state index contributed by atoms with van der Waals surface area (Å²) in [5.74, 6) is -1.50. The molecular weight excluding hydrogens is 287 g/mol. The van der Waals surface area contributed by atoms with E-state index in [1.54, 1.807) is 12.1 Å². The van der Waals surface area contributed by atoms with E-state index in [1.165, 1.54) is 29.0 Å². The van der Waals surface area contributed by atoms with Crippen molar-refractivity contribution in [1.29, 1.82) is 0 Å². The molecule has 1 aromatic carbocycles. The fourth-order valence-electron chi connectivity index (χ4n) is 1.97. The van der Waals surface area contributed by atoms with E-state index in [0.29, 0.717) is 24.2 Å². The molecule has 22 heavy (non-hydrogen) atoms. The van der Waals surface area contributed by atoms with Gasteiger partial charge in [-0.15, -0.1) is 0 Å². The Morgan fingerprint density at radius 1 is 1.36 bits per heavy atom. The largest absolute Gasteiger partial charge is 0.478 e. The molecule has 0 aliphatic rings. The van der Waals surface area contributed by atoms with Gasteiger partial charge in [0.05, 0.1) is 5.69 Å². The molecule has 0 atom stereocenters. The zero-order valence-corrected chi connectivity index (χ0v) is 12.0. The number of carbonyl (C=O) groups is 1. The highest BCUT2D eigenvalue weighted by molar-refractivity contribution is 5.85. The van der Waals surface area contributed by atoms with Gasteiger partial charge >= 0.3 is 5.97 Å². The van der Waals surface area contributed by atoms with Gasteiger partial charge in [0.2, 0.25) is 0 Å². The van der Waals surface area contributed by atoms with Gasteiger partial charge in [-0.1, -0.05) is 6.92 Å². The Bertz CT molecular complexity index is 764. The van der Waals surface area contributed by atoms with Crippen molar-refractivity contribution in [3.63, 3.8) is 0 Å². The molecule has 0 saturated heterocycles. The summed E-state index contributed by atoms with van der Waals surface area (Å²) in [6.45, 7) is 2.33. The molecule has 1 aromatic heterocycles. The molecule has 0 unspecified atom stereocenters. The third-order valence-electron chi connectivity index (χ3n) is 2.98. The SMILES string of the molecule is CCCn1nc(-c2ccc(F)cc2)cc(/C=C/C(=O)O)c1=O. The molecule has 1 N–H and O–H groups in total. The highest BCUT2D eigenvalue weighted by Crippen LogP contribution is 2.17. The number of carboxylic acids is 1. The second-order valence-corrected chi connectivity index (χ2v) is 4.69. The predicted molar refractivity (Wildman–Crippen MR) is 80.9 cm³/mol. The van der Waals surface area contributed by atoms with Gasteiger partial charge in [-0.3, -0.25) is 4.79 Å². The van der Waals surface area contributed by atoms with Gasteiger partial charge in [0.25, 0.3) is 5.56 Å². The minimum atomic E-state index is -1.14. The van der Waals surface area contributed by atoms with E-state index < -0.39 is 5.97 Å². The summed E-state index contributed by atoms with van der Waals surface area (Å²) in [7, 11) is 0. The second-order valence-electron chi connectivity index (χ2n) is 4.69. The third kappa shape index (κ3) is 3.66. The van der Waals surface area contributed by atoms with Crippen LogP contribution >= 0.6 is 0 Å². The number of carboxylic acid groups (broad SMARTS) is 1. The van der Waals surface area contributed by atoms with Gasteiger partial charge in [-0.05, 0) is 42.8 Å². The van der Waals surface area contributed by atoms with Crippen LogP contribution in [-0.4, -0.2) is 20.9 Å². The van der Waals surface area contributed by atoms with Crippen LogP contribution in [0.2, 0.25) is 0 Å². The Labute approximate surface area is 126 Å². The summed E-state index contributed by atoms with van der Waals surface area (Å²) in [6, 6.07) is 7.23. The number of hydrogen-bond donors (Lipinski definition) is 1. The number of aromatic nitrogens is 2. The monoisotopic (exact) mass is 302 g/mol. The molecule has 0 saturated carbocycles. The quantitative estimate of drug-likeness (QED) is 0.862. The summed E-state index contributed by atoms with van der Waals surface area (Å²) in [5.41, 5.74) is 1.00. The van der Waals surface area contributed by atoms with Crippen molar-refractivity contribution < 1.29 is 14.3 Å². The van der Waals surface area contributed by atoms with Gasteiger partial charge in [0.15, 0.2) is 0 Å². The Hall–Kier alpha value is -2.76. The summed E-state index contributed by atoms with van der Waals surface area (Å²) in [5, 5.41) is 13.0. The van der Waals surface area contributed by atoms with E-state index in [0.717, 1.165) is 6.08 Å². The lowest BCUT2D eigenvalue weighted by atomic mass is 10.1. The van der Waals surface area contributed by atoms with Crippen molar-refractivity contribution in [2.45, 2.75) is 19.9 Å². The molecule has 114 valence electrons. The Balaban J connectivity index is 2.56. The highest BCUT2D eigenvalue weighted by Gasteiger charge is 2.08. The van der Waals surface area contributed by atoms with E-state index in [2.05, 4.69) is 5.10 Å². The van der Waals surface area contributed by atoms with Crippen molar-refractivity contribution in [2.75, 3.05) is 0 Å². The summed E-state index contributed by atoms with van der Waals surface area (Å²) in [6.07, 6.45) is 2.86. The normalized spacial score (nSPS) is 11.0. The van der Waals surface area contributed by atoms with Crippen LogP contribution in [-0.2, 0) is 11.3 Å². The fourth-order valence-corrected chi connectivity index (χ4v) is 1.97. The Morgan fingerprint density at radius 2 is 2.05 bits per heavy atom. The van der Waals surface area contributed by atoms with Crippen LogP contribution in [0.1, 0.15) is 18.9 Å². The molecule has 0 amide bonds. The Morgan fingerprint density at radius 3 is 2.64 bits per heavy atom. The van der Waals surface area contributed by atoms with Gasteiger partial charge in [0, 0.05) is 23.7 Å². The average Bonchev–Trinajstić information content (AvgIpc) is 2.49. The number of hydrogen-bond acceptors (Lipinski definition) is 3. The zero-order chi connectivity index (χ0) is 16.1. The standard InChI is InChI=1S/C16H15FN2O3/c1-2-9-19-16(22)12(5-8-15(20)21)10-14(18-19)11-3-6-13(17)7-4-11/h3-8,10H,2,9H2,1H3,(H,20,21)/b8-5+. The van der Waals surface area contributed by atoms with Crippen molar-refractivity contribution in [2.24, 2.45) is 0 Å². The van der Waals surface area contributed by atoms with E-state index in [-0.39, 0.29) is 16.9 Å². The first-order valence-corrected chi connectivity index (χ1v) is 6.80. The molecule has 0 spiro atoms. The molecule has 0 radical (unpaired) electrons. The fraction of sp³-hybridized carbons (Fsp3) is 0.188. The lowest BCUT2D eigenvalue weighted by Gasteiger charge is -2.08. The minimum Gasteiger partial charge on any atom is -0.478 e. The van der Waals surface area contributed by atoms with E-state index >= 15 is 0 Å². The first kappa shape index (κ1) is 15.6. The lowest BCUT2D eigenvalue weighted by Crippen LogP contribution is -2.25. The van der Waals surface area contributed by atoms with Crippen molar-refractivity contribution >= 4 is 12.0 Å². The number of halogens is 1. The zero-order valence-electron chi connectivity index (χ0n) is 12.0. The molecule has 1 heterocycles. The highest BCUT2D eigenvalue weighted by atomic mass is 19.1. The van der Waals surface area contributed by atoms with Crippen LogP contribution in [0.3, 0.4) is 0 Å². The molecule has 0 aliphatic carbocycles. The smallest absolute Gasteiger partial charge is 0.328 e. The molecule has 0 aliphatic heterocycles. The van der Waals surface area contributed by atoms with Gasteiger partial charge in [-0.2, -0.15) is 5.10 Å². The predicted octanol–water partition coefficient (Wildman–Crippen LogP) is 2.56. The summed E-state index contributed by atoms with van der Waals surface area (Å²) in [4.78, 5) is 22.8. The number of aryl methyl sites for hydroxylation is 1. The first-order valence-electron chi connectivity index (χ1n) is 6.80. The van der Waals surface area contributed by atoms with Crippen LogP contribution in [0.4, 0.5) is 4.39 Å². The summed E-state index contributed by atoms with van der Waals surface area (Å²) < 4.78 is 14.3. The first-order chi connectivity index (χ1) is 10.5. The number of aliphatic carboxylic acids is 1. The molecule has 0 fully saturated rings.